The SMILES string of the molecule is FC(F)(F)c1ccc(-c2cc(C3CC3)n3ncc(-c4ncno4)c3n2)cc1. The topological polar surface area (TPSA) is 69.1 Å². The first-order valence-electron chi connectivity index (χ1n) is 8.34. The summed E-state index contributed by atoms with van der Waals surface area (Å²) in [5.74, 6) is 0.656. The van der Waals surface area contributed by atoms with Gasteiger partial charge in [0.05, 0.1) is 17.5 Å². The third-order valence-electron chi connectivity index (χ3n) is 4.59. The summed E-state index contributed by atoms with van der Waals surface area (Å²) < 4.78 is 45.3. The predicted molar refractivity (Wildman–Crippen MR) is 88.7 cm³/mol. The van der Waals surface area contributed by atoms with Crippen LogP contribution in [0.4, 0.5) is 13.2 Å². The van der Waals surface area contributed by atoms with Gasteiger partial charge in [-0.2, -0.15) is 23.3 Å². The lowest BCUT2D eigenvalue weighted by Gasteiger charge is -2.10. The second-order valence-electron chi connectivity index (χ2n) is 6.46. The number of hydrogen-bond acceptors (Lipinski definition) is 5. The van der Waals surface area contributed by atoms with E-state index in [2.05, 4.69) is 20.2 Å². The van der Waals surface area contributed by atoms with Crippen molar-refractivity contribution in [1.29, 1.82) is 0 Å². The molecule has 1 fully saturated rings. The Morgan fingerprint density at radius 1 is 1.11 bits per heavy atom. The van der Waals surface area contributed by atoms with Crippen LogP contribution in [0.15, 0.2) is 47.4 Å². The Labute approximate surface area is 150 Å². The highest BCUT2D eigenvalue weighted by molar-refractivity contribution is 5.74. The summed E-state index contributed by atoms with van der Waals surface area (Å²) in [4.78, 5) is 8.66. The van der Waals surface area contributed by atoms with Crippen LogP contribution in [0.5, 0.6) is 0 Å². The lowest BCUT2D eigenvalue weighted by molar-refractivity contribution is -0.137. The fraction of sp³-hybridized carbons (Fsp3) is 0.222. The molecule has 0 radical (unpaired) electrons. The van der Waals surface area contributed by atoms with Crippen LogP contribution in [-0.4, -0.2) is 24.7 Å². The Balaban J connectivity index is 1.67. The maximum Gasteiger partial charge on any atom is 0.416 e. The van der Waals surface area contributed by atoms with Gasteiger partial charge in [-0.15, -0.1) is 0 Å². The fourth-order valence-corrected chi connectivity index (χ4v) is 3.08. The van der Waals surface area contributed by atoms with Crippen molar-refractivity contribution in [3.8, 4) is 22.7 Å². The molecular weight excluding hydrogens is 359 g/mol. The Bertz CT molecular complexity index is 1110. The summed E-state index contributed by atoms with van der Waals surface area (Å²) >= 11 is 0. The molecule has 0 unspecified atom stereocenters. The molecule has 0 saturated heterocycles. The van der Waals surface area contributed by atoms with E-state index in [0.29, 0.717) is 34.3 Å². The number of hydrogen-bond donors (Lipinski definition) is 0. The van der Waals surface area contributed by atoms with E-state index in [4.69, 9.17) is 4.52 Å². The van der Waals surface area contributed by atoms with Gasteiger partial charge in [-0.25, -0.2) is 9.50 Å². The summed E-state index contributed by atoms with van der Waals surface area (Å²) in [6.45, 7) is 0. The summed E-state index contributed by atoms with van der Waals surface area (Å²) in [5.41, 5.74) is 2.59. The Morgan fingerprint density at radius 2 is 1.89 bits per heavy atom. The molecule has 1 aromatic carbocycles. The van der Waals surface area contributed by atoms with Gasteiger partial charge in [-0.1, -0.05) is 17.3 Å². The average molecular weight is 371 g/mol. The molecule has 0 amide bonds. The molecule has 4 aromatic rings. The Hall–Kier alpha value is -3.23. The molecule has 9 heteroatoms. The van der Waals surface area contributed by atoms with Crippen LogP contribution in [0, 0.1) is 0 Å². The highest BCUT2D eigenvalue weighted by Crippen LogP contribution is 2.42. The van der Waals surface area contributed by atoms with Gasteiger partial charge in [-0.3, -0.25) is 0 Å². The van der Waals surface area contributed by atoms with Crippen LogP contribution in [0.2, 0.25) is 0 Å². The van der Waals surface area contributed by atoms with Crippen LogP contribution in [0.1, 0.15) is 30.0 Å². The van der Waals surface area contributed by atoms with Gasteiger partial charge >= 0.3 is 6.18 Å². The zero-order valence-corrected chi connectivity index (χ0v) is 13.8. The second-order valence-corrected chi connectivity index (χ2v) is 6.46. The minimum absolute atomic E-state index is 0.295. The van der Waals surface area contributed by atoms with Gasteiger partial charge in [0.25, 0.3) is 5.89 Å². The van der Waals surface area contributed by atoms with Crippen molar-refractivity contribution < 1.29 is 17.7 Å². The second kappa shape index (κ2) is 5.63. The number of halogens is 3. The highest BCUT2D eigenvalue weighted by Gasteiger charge is 2.31. The van der Waals surface area contributed by atoms with Gasteiger partial charge in [0, 0.05) is 17.2 Å². The molecule has 1 saturated carbocycles. The van der Waals surface area contributed by atoms with Crippen molar-refractivity contribution in [3.05, 3.63) is 54.1 Å². The lowest BCUT2D eigenvalue weighted by Crippen LogP contribution is -2.04. The number of fused-ring (bicyclic) bond motifs is 1. The molecule has 6 nitrogen and oxygen atoms in total. The minimum Gasteiger partial charge on any atom is -0.334 e. The van der Waals surface area contributed by atoms with Crippen LogP contribution in [0.25, 0.3) is 28.4 Å². The van der Waals surface area contributed by atoms with Crippen molar-refractivity contribution in [2.24, 2.45) is 0 Å². The van der Waals surface area contributed by atoms with E-state index >= 15 is 0 Å². The van der Waals surface area contributed by atoms with Crippen molar-refractivity contribution in [2.75, 3.05) is 0 Å². The standard InChI is InChI=1S/C18H12F3N5O/c19-18(20,21)12-5-3-10(4-6-12)14-7-15(11-1-2-11)26-16(25-14)13(8-23-26)17-22-9-24-27-17/h3-9,11H,1-2H2. The van der Waals surface area contributed by atoms with E-state index in [1.54, 1.807) is 10.7 Å². The van der Waals surface area contributed by atoms with E-state index in [1.165, 1.54) is 18.5 Å². The first-order valence-corrected chi connectivity index (χ1v) is 8.34. The van der Waals surface area contributed by atoms with E-state index in [0.717, 1.165) is 30.7 Å². The highest BCUT2D eigenvalue weighted by atomic mass is 19.4. The fourth-order valence-electron chi connectivity index (χ4n) is 3.08. The largest absolute Gasteiger partial charge is 0.416 e. The van der Waals surface area contributed by atoms with Gasteiger partial charge in [0.1, 0.15) is 5.56 Å². The molecule has 0 spiro atoms. The molecule has 0 aliphatic heterocycles. The van der Waals surface area contributed by atoms with Crippen molar-refractivity contribution in [1.82, 2.24) is 24.7 Å². The van der Waals surface area contributed by atoms with Gasteiger partial charge in [-0.05, 0) is 31.0 Å². The quantitative estimate of drug-likeness (QED) is 0.536. The van der Waals surface area contributed by atoms with Crippen LogP contribution in [0.3, 0.4) is 0 Å². The summed E-state index contributed by atoms with van der Waals surface area (Å²) in [7, 11) is 0. The Kier molecular flexibility index (Phi) is 3.33. The molecule has 1 aliphatic rings. The molecule has 0 bridgehead atoms. The zero-order valence-electron chi connectivity index (χ0n) is 13.8. The number of aromatic nitrogens is 5. The monoisotopic (exact) mass is 371 g/mol. The number of rotatable bonds is 3. The maximum atomic E-state index is 12.8. The van der Waals surface area contributed by atoms with Gasteiger partial charge < -0.3 is 4.52 Å². The summed E-state index contributed by atoms with van der Waals surface area (Å²) in [5, 5.41) is 8.01. The summed E-state index contributed by atoms with van der Waals surface area (Å²) in [6.07, 6.45) is 0.618. The molecule has 27 heavy (non-hydrogen) atoms. The third kappa shape index (κ3) is 2.75. The molecule has 1 aliphatic carbocycles. The molecule has 0 N–H and O–H groups in total. The third-order valence-corrected chi connectivity index (χ3v) is 4.59. The van der Waals surface area contributed by atoms with Gasteiger partial charge in [0.2, 0.25) is 0 Å². The van der Waals surface area contributed by atoms with Crippen LogP contribution < -0.4 is 0 Å². The van der Waals surface area contributed by atoms with Crippen molar-refractivity contribution in [3.63, 3.8) is 0 Å². The normalized spacial score (nSPS) is 14.8. The lowest BCUT2D eigenvalue weighted by atomic mass is 10.1. The number of alkyl halides is 3. The summed E-state index contributed by atoms with van der Waals surface area (Å²) in [6, 6.07) is 6.88. The van der Waals surface area contributed by atoms with E-state index in [1.807, 2.05) is 6.07 Å². The van der Waals surface area contributed by atoms with Crippen LogP contribution >= 0.6 is 0 Å². The Morgan fingerprint density at radius 3 is 2.52 bits per heavy atom. The molecule has 5 rings (SSSR count). The molecule has 136 valence electrons. The van der Waals surface area contributed by atoms with E-state index in [9.17, 15) is 13.2 Å². The first kappa shape index (κ1) is 16.0. The average Bonchev–Trinajstić information content (AvgIpc) is 3.18. The van der Waals surface area contributed by atoms with Crippen molar-refractivity contribution >= 4 is 5.65 Å². The molecular formula is C18H12F3N5O. The van der Waals surface area contributed by atoms with E-state index < -0.39 is 11.7 Å². The molecule has 3 aromatic heterocycles. The molecule has 3 heterocycles. The smallest absolute Gasteiger partial charge is 0.334 e. The van der Waals surface area contributed by atoms with Crippen LogP contribution in [-0.2, 0) is 6.18 Å². The van der Waals surface area contributed by atoms with Crippen molar-refractivity contribution in [2.45, 2.75) is 24.9 Å². The maximum absolute atomic E-state index is 12.8. The molecule has 0 atom stereocenters. The van der Waals surface area contributed by atoms with E-state index in [-0.39, 0.29) is 0 Å². The predicted octanol–water partition coefficient (Wildman–Crippen LogP) is 4.34. The number of nitrogens with zero attached hydrogens (tertiary/aromatic N) is 5. The zero-order chi connectivity index (χ0) is 18.6. The number of benzene rings is 1. The first-order chi connectivity index (χ1) is 13.0. The van der Waals surface area contributed by atoms with Gasteiger partial charge in [0.15, 0.2) is 12.0 Å². The minimum atomic E-state index is -4.37.